The zero-order chi connectivity index (χ0) is 15.7. The maximum atomic E-state index is 12.3. The van der Waals surface area contributed by atoms with Gasteiger partial charge in [-0.1, -0.05) is 45.0 Å². The highest BCUT2D eigenvalue weighted by Gasteiger charge is 2.22. The van der Waals surface area contributed by atoms with Crippen molar-refractivity contribution in [2.24, 2.45) is 0 Å². The lowest BCUT2D eigenvalue weighted by molar-refractivity contribution is 0.331. The van der Waals surface area contributed by atoms with E-state index in [0.717, 1.165) is 12.0 Å². The van der Waals surface area contributed by atoms with E-state index in [-0.39, 0.29) is 16.1 Å². The van der Waals surface area contributed by atoms with Gasteiger partial charge in [0.05, 0.1) is 4.90 Å². The summed E-state index contributed by atoms with van der Waals surface area (Å²) in [7, 11) is -3.64. The van der Waals surface area contributed by atoms with E-state index in [2.05, 4.69) is 9.88 Å². The van der Waals surface area contributed by atoms with Gasteiger partial charge in [-0.3, -0.25) is 4.72 Å². The minimum atomic E-state index is -3.64. The molecule has 21 heavy (non-hydrogen) atoms. The van der Waals surface area contributed by atoms with Gasteiger partial charge < -0.3 is 4.52 Å². The lowest BCUT2D eigenvalue weighted by Crippen LogP contribution is -2.13. The third-order valence-corrected chi connectivity index (χ3v) is 4.50. The molecular formula is C15H20N2O3S. The monoisotopic (exact) mass is 308 g/mol. The summed E-state index contributed by atoms with van der Waals surface area (Å²) >= 11 is 0. The molecule has 0 saturated heterocycles. The molecule has 5 nitrogen and oxygen atoms in total. The van der Waals surface area contributed by atoms with Gasteiger partial charge in [0.25, 0.3) is 10.0 Å². The van der Waals surface area contributed by atoms with Crippen LogP contribution in [0.15, 0.2) is 39.8 Å². The van der Waals surface area contributed by atoms with Gasteiger partial charge in [0.2, 0.25) is 0 Å². The number of hydrogen-bond donors (Lipinski definition) is 1. The number of nitrogens with one attached hydrogen (secondary N) is 1. The maximum absolute atomic E-state index is 12.3. The lowest BCUT2D eigenvalue weighted by Gasteiger charge is -2.12. The SMILES string of the molecule is CCc1ccc(S(=O)(=O)Nc2cc(C(C)(C)C)on2)cc1. The predicted molar refractivity (Wildman–Crippen MR) is 81.8 cm³/mol. The van der Waals surface area contributed by atoms with Crippen LogP contribution in [0.2, 0.25) is 0 Å². The standard InChI is InChI=1S/C15H20N2O3S/c1-5-11-6-8-12(9-7-11)21(18,19)17-14-10-13(20-16-14)15(2,3)4/h6-10H,5H2,1-4H3,(H,16,17). The molecule has 0 atom stereocenters. The van der Waals surface area contributed by atoms with E-state index in [1.54, 1.807) is 30.3 Å². The first-order valence-corrected chi connectivity index (χ1v) is 8.29. The fraction of sp³-hybridized carbons (Fsp3) is 0.400. The number of anilines is 1. The topological polar surface area (TPSA) is 72.2 Å². The molecule has 1 aromatic carbocycles. The number of hydrogen-bond acceptors (Lipinski definition) is 4. The highest BCUT2D eigenvalue weighted by Crippen LogP contribution is 2.25. The summed E-state index contributed by atoms with van der Waals surface area (Å²) < 4.78 is 32.1. The van der Waals surface area contributed by atoms with Crippen LogP contribution in [0.25, 0.3) is 0 Å². The zero-order valence-electron chi connectivity index (χ0n) is 12.7. The van der Waals surface area contributed by atoms with Crippen LogP contribution in [0.5, 0.6) is 0 Å². The highest BCUT2D eigenvalue weighted by molar-refractivity contribution is 7.92. The molecule has 2 aromatic rings. The molecule has 0 fully saturated rings. The second kappa shape index (κ2) is 5.52. The van der Waals surface area contributed by atoms with Crippen molar-refractivity contribution in [3.05, 3.63) is 41.7 Å². The molecular weight excluding hydrogens is 288 g/mol. The van der Waals surface area contributed by atoms with Crippen LogP contribution < -0.4 is 4.72 Å². The number of aryl methyl sites for hydroxylation is 1. The average Bonchev–Trinajstić information content (AvgIpc) is 2.86. The lowest BCUT2D eigenvalue weighted by atomic mass is 9.93. The van der Waals surface area contributed by atoms with Crippen LogP contribution >= 0.6 is 0 Å². The van der Waals surface area contributed by atoms with Crippen LogP contribution in [-0.2, 0) is 21.9 Å². The van der Waals surface area contributed by atoms with Crippen molar-refractivity contribution < 1.29 is 12.9 Å². The van der Waals surface area contributed by atoms with Crippen LogP contribution in [0.4, 0.5) is 5.82 Å². The Labute approximate surface area is 125 Å². The van der Waals surface area contributed by atoms with Crippen molar-refractivity contribution in [3.63, 3.8) is 0 Å². The highest BCUT2D eigenvalue weighted by atomic mass is 32.2. The summed E-state index contributed by atoms with van der Waals surface area (Å²) in [5, 5.41) is 3.76. The second-order valence-corrected chi connectivity index (χ2v) is 7.61. The smallest absolute Gasteiger partial charge is 0.263 e. The van der Waals surface area contributed by atoms with Crippen molar-refractivity contribution in [1.29, 1.82) is 0 Å². The number of rotatable bonds is 4. The first kappa shape index (κ1) is 15.6. The van der Waals surface area contributed by atoms with E-state index in [9.17, 15) is 8.42 Å². The fourth-order valence-corrected chi connectivity index (χ4v) is 2.76. The number of nitrogens with zero attached hydrogens (tertiary/aromatic N) is 1. The molecule has 1 aromatic heterocycles. The maximum Gasteiger partial charge on any atom is 0.263 e. The van der Waals surface area contributed by atoms with E-state index in [0.29, 0.717) is 5.76 Å². The Morgan fingerprint density at radius 3 is 2.29 bits per heavy atom. The van der Waals surface area contributed by atoms with Gasteiger partial charge in [-0.05, 0) is 24.1 Å². The van der Waals surface area contributed by atoms with Crippen molar-refractivity contribution in [2.45, 2.75) is 44.4 Å². The van der Waals surface area contributed by atoms with Crippen molar-refractivity contribution in [2.75, 3.05) is 4.72 Å². The molecule has 0 radical (unpaired) electrons. The molecule has 0 saturated carbocycles. The van der Waals surface area contributed by atoms with E-state index < -0.39 is 10.0 Å². The predicted octanol–water partition coefficient (Wildman–Crippen LogP) is 3.34. The van der Waals surface area contributed by atoms with Crippen LogP contribution in [0.1, 0.15) is 39.0 Å². The largest absolute Gasteiger partial charge is 0.359 e. The molecule has 1 N–H and O–H groups in total. The van der Waals surface area contributed by atoms with Crippen molar-refractivity contribution in [1.82, 2.24) is 5.16 Å². The van der Waals surface area contributed by atoms with Gasteiger partial charge in [-0.15, -0.1) is 0 Å². The van der Waals surface area contributed by atoms with Gasteiger partial charge in [-0.2, -0.15) is 0 Å². The minimum absolute atomic E-state index is 0.194. The Hall–Kier alpha value is -1.82. The van der Waals surface area contributed by atoms with Gasteiger partial charge in [0, 0.05) is 11.5 Å². The summed E-state index contributed by atoms with van der Waals surface area (Å²) in [5.41, 5.74) is 0.866. The van der Waals surface area contributed by atoms with E-state index in [1.165, 1.54) is 0 Å². The Kier molecular flexibility index (Phi) is 4.09. The Balaban J connectivity index is 2.22. The fourth-order valence-electron chi connectivity index (χ4n) is 1.78. The van der Waals surface area contributed by atoms with E-state index in [1.807, 2.05) is 27.7 Å². The molecule has 0 spiro atoms. The van der Waals surface area contributed by atoms with Gasteiger partial charge in [0.15, 0.2) is 5.82 Å². The summed E-state index contributed by atoms with van der Waals surface area (Å²) in [6.45, 7) is 7.92. The van der Waals surface area contributed by atoms with Crippen LogP contribution in [0, 0.1) is 0 Å². The molecule has 6 heteroatoms. The molecule has 0 aliphatic carbocycles. The Morgan fingerprint density at radius 2 is 1.81 bits per heavy atom. The quantitative estimate of drug-likeness (QED) is 0.940. The third-order valence-electron chi connectivity index (χ3n) is 3.13. The third kappa shape index (κ3) is 3.64. The summed E-state index contributed by atoms with van der Waals surface area (Å²) in [6, 6.07) is 8.39. The Morgan fingerprint density at radius 1 is 1.19 bits per heavy atom. The van der Waals surface area contributed by atoms with Crippen molar-refractivity contribution in [3.8, 4) is 0 Å². The molecule has 0 bridgehead atoms. The molecule has 114 valence electrons. The number of sulfonamides is 1. The molecule has 0 unspecified atom stereocenters. The van der Waals surface area contributed by atoms with Crippen LogP contribution in [0.3, 0.4) is 0 Å². The van der Waals surface area contributed by atoms with Gasteiger partial charge in [-0.25, -0.2) is 8.42 Å². The first-order chi connectivity index (χ1) is 9.72. The molecule has 0 aliphatic heterocycles. The minimum Gasteiger partial charge on any atom is -0.359 e. The molecule has 0 amide bonds. The normalized spacial score (nSPS) is 12.4. The number of aromatic nitrogens is 1. The van der Waals surface area contributed by atoms with Crippen molar-refractivity contribution >= 4 is 15.8 Å². The first-order valence-electron chi connectivity index (χ1n) is 6.81. The second-order valence-electron chi connectivity index (χ2n) is 5.93. The average molecular weight is 308 g/mol. The molecule has 1 heterocycles. The van der Waals surface area contributed by atoms with Gasteiger partial charge >= 0.3 is 0 Å². The zero-order valence-corrected chi connectivity index (χ0v) is 13.5. The summed E-state index contributed by atoms with van der Waals surface area (Å²) in [5.74, 6) is 0.820. The summed E-state index contributed by atoms with van der Waals surface area (Å²) in [4.78, 5) is 0.208. The molecule has 0 aliphatic rings. The molecule has 2 rings (SSSR count). The van der Waals surface area contributed by atoms with Crippen LogP contribution in [-0.4, -0.2) is 13.6 Å². The number of benzene rings is 1. The van der Waals surface area contributed by atoms with E-state index in [4.69, 9.17) is 4.52 Å². The van der Waals surface area contributed by atoms with Gasteiger partial charge in [0.1, 0.15) is 5.76 Å². The summed E-state index contributed by atoms with van der Waals surface area (Å²) in [6.07, 6.45) is 0.867. The Bertz CT molecular complexity index is 710. The van der Waals surface area contributed by atoms with E-state index >= 15 is 0 Å².